The number of nitrogens with two attached hydrogens (primary N) is 1. The topological polar surface area (TPSA) is 156 Å². The molecule has 3 amide bonds. The number of thiophene rings is 1. The molecule has 2 fully saturated rings. The largest absolute Gasteiger partial charge is 0.494 e. The van der Waals surface area contributed by atoms with Gasteiger partial charge in [-0.3, -0.25) is 19.8 Å². The Bertz CT molecular complexity index is 1210. The summed E-state index contributed by atoms with van der Waals surface area (Å²) >= 11 is 1.43. The number of carbonyl (C=O) groups is 3. The van der Waals surface area contributed by atoms with Gasteiger partial charge in [-0.05, 0) is 37.0 Å². The van der Waals surface area contributed by atoms with E-state index in [2.05, 4.69) is 24.5 Å². The highest BCUT2D eigenvalue weighted by Gasteiger charge is 2.52. The number of hydrogen-bond acceptors (Lipinski definition) is 8. The van der Waals surface area contributed by atoms with Crippen LogP contribution in [-0.2, 0) is 23.9 Å². The average molecular weight is 586 g/mol. The van der Waals surface area contributed by atoms with Crippen molar-refractivity contribution < 1.29 is 28.6 Å². The molecule has 1 aromatic carbocycles. The van der Waals surface area contributed by atoms with Crippen LogP contribution in [0.15, 0.2) is 41.8 Å². The molecule has 3 heterocycles. The van der Waals surface area contributed by atoms with Gasteiger partial charge in [0.15, 0.2) is 5.79 Å². The van der Waals surface area contributed by atoms with E-state index in [0.717, 1.165) is 10.6 Å². The SMILES string of the molecule is CC(C)C[C@@H](NC(=O)[C@@H]1CC2(CN1C(=O)CNC(=O)CCCOc1ccccc1)OCCO2)c1cc(C(=N)N)cs1. The molecule has 0 saturated carbocycles. The van der Waals surface area contributed by atoms with Crippen molar-refractivity contribution >= 4 is 34.9 Å². The highest BCUT2D eigenvalue weighted by molar-refractivity contribution is 7.10. The zero-order valence-corrected chi connectivity index (χ0v) is 24.3. The van der Waals surface area contributed by atoms with Crippen molar-refractivity contribution in [3.05, 3.63) is 52.2 Å². The third-order valence-corrected chi connectivity index (χ3v) is 8.07. The minimum atomic E-state index is -1.03. The quantitative estimate of drug-likeness (QED) is 0.160. The van der Waals surface area contributed by atoms with Crippen LogP contribution in [0.1, 0.15) is 56.0 Å². The number of nitrogens with zero attached hydrogens (tertiary/aromatic N) is 1. The Morgan fingerprint density at radius 1 is 1.22 bits per heavy atom. The molecule has 2 aliphatic rings. The molecule has 1 aromatic heterocycles. The van der Waals surface area contributed by atoms with Crippen LogP contribution >= 0.6 is 11.3 Å². The van der Waals surface area contributed by atoms with Crippen LogP contribution < -0.4 is 21.1 Å². The van der Waals surface area contributed by atoms with Crippen molar-refractivity contribution in [2.75, 3.05) is 32.9 Å². The predicted octanol–water partition coefficient (Wildman–Crippen LogP) is 2.55. The lowest BCUT2D eigenvalue weighted by atomic mass is 10.0. The lowest BCUT2D eigenvalue weighted by Gasteiger charge is -2.26. The molecule has 11 nitrogen and oxygen atoms in total. The maximum atomic E-state index is 13.7. The first-order chi connectivity index (χ1) is 19.7. The number of amidine groups is 1. The summed E-state index contributed by atoms with van der Waals surface area (Å²) < 4.78 is 17.3. The summed E-state index contributed by atoms with van der Waals surface area (Å²) in [6.07, 6.45) is 1.58. The van der Waals surface area contributed by atoms with Gasteiger partial charge in [-0.2, -0.15) is 0 Å². The van der Waals surface area contributed by atoms with Crippen LogP contribution in [-0.4, -0.2) is 73.2 Å². The van der Waals surface area contributed by atoms with E-state index in [4.69, 9.17) is 25.4 Å². The Balaban J connectivity index is 1.35. The van der Waals surface area contributed by atoms with Crippen LogP contribution in [0, 0.1) is 11.3 Å². The molecular weight excluding hydrogens is 546 g/mol. The van der Waals surface area contributed by atoms with E-state index in [1.165, 1.54) is 16.2 Å². The molecule has 2 aromatic rings. The molecule has 2 saturated heterocycles. The van der Waals surface area contributed by atoms with Gasteiger partial charge in [0.2, 0.25) is 17.7 Å². The fourth-order valence-corrected chi connectivity index (χ4v) is 5.98. The van der Waals surface area contributed by atoms with Gasteiger partial charge in [0, 0.05) is 28.7 Å². The van der Waals surface area contributed by atoms with Gasteiger partial charge in [0.25, 0.3) is 0 Å². The third kappa shape index (κ3) is 8.27. The number of ether oxygens (including phenoxy) is 3. The van der Waals surface area contributed by atoms with Crippen molar-refractivity contribution in [3.63, 3.8) is 0 Å². The number of hydrogen-bond donors (Lipinski definition) is 4. The number of nitrogens with one attached hydrogen (secondary N) is 3. The fraction of sp³-hybridized carbons (Fsp3) is 0.517. The smallest absolute Gasteiger partial charge is 0.243 e. The van der Waals surface area contributed by atoms with Gasteiger partial charge in [-0.1, -0.05) is 32.0 Å². The number of benzene rings is 1. The number of amides is 3. The highest BCUT2D eigenvalue weighted by Crippen LogP contribution is 2.36. The Morgan fingerprint density at radius 3 is 2.61 bits per heavy atom. The molecule has 2 atom stereocenters. The molecule has 0 radical (unpaired) electrons. The molecular formula is C29H39N5O6S. The molecule has 0 aliphatic carbocycles. The Kier molecular flexibility index (Phi) is 10.4. The summed E-state index contributed by atoms with van der Waals surface area (Å²) in [5.74, 6) is -1.01. The monoisotopic (exact) mass is 585 g/mol. The summed E-state index contributed by atoms with van der Waals surface area (Å²) in [6, 6.07) is 10.0. The normalized spacial score (nSPS) is 18.4. The Morgan fingerprint density at radius 2 is 1.95 bits per heavy atom. The van der Waals surface area contributed by atoms with Gasteiger partial charge in [-0.15, -0.1) is 11.3 Å². The zero-order chi connectivity index (χ0) is 29.4. The average Bonchev–Trinajstić information content (AvgIpc) is 3.70. The second kappa shape index (κ2) is 13.9. The second-order valence-corrected chi connectivity index (χ2v) is 11.7. The number of nitrogen functional groups attached to an aromatic ring is 1. The minimum Gasteiger partial charge on any atom is -0.494 e. The first-order valence-electron chi connectivity index (χ1n) is 13.9. The molecule has 222 valence electrons. The first kappa shape index (κ1) is 30.5. The van der Waals surface area contributed by atoms with E-state index in [9.17, 15) is 14.4 Å². The van der Waals surface area contributed by atoms with Gasteiger partial charge in [0.05, 0.1) is 39.0 Å². The van der Waals surface area contributed by atoms with Crippen molar-refractivity contribution in [1.29, 1.82) is 5.41 Å². The third-order valence-electron chi connectivity index (χ3n) is 7.02. The molecule has 41 heavy (non-hydrogen) atoms. The summed E-state index contributed by atoms with van der Waals surface area (Å²) in [6.45, 7) is 5.15. The van der Waals surface area contributed by atoms with E-state index in [1.54, 1.807) is 5.38 Å². The van der Waals surface area contributed by atoms with E-state index < -0.39 is 11.8 Å². The molecule has 1 spiro atoms. The summed E-state index contributed by atoms with van der Waals surface area (Å²) in [4.78, 5) is 41.7. The first-order valence-corrected chi connectivity index (χ1v) is 14.8. The number of carbonyl (C=O) groups excluding carboxylic acids is 3. The molecule has 4 rings (SSSR count). The van der Waals surface area contributed by atoms with Gasteiger partial charge in [0.1, 0.15) is 17.6 Å². The Hall–Kier alpha value is -3.48. The maximum absolute atomic E-state index is 13.7. The predicted molar refractivity (Wildman–Crippen MR) is 155 cm³/mol. The second-order valence-electron chi connectivity index (χ2n) is 10.7. The number of rotatable bonds is 13. The minimum absolute atomic E-state index is 0.0297. The van der Waals surface area contributed by atoms with E-state index in [1.807, 2.05) is 36.4 Å². The van der Waals surface area contributed by atoms with Crippen molar-refractivity contribution in [2.24, 2.45) is 11.7 Å². The van der Waals surface area contributed by atoms with Gasteiger partial charge < -0.3 is 35.5 Å². The van der Waals surface area contributed by atoms with Crippen LogP contribution in [0.4, 0.5) is 0 Å². The molecule has 5 N–H and O–H groups in total. The van der Waals surface area contributed by atoms with Crippen molar-refractivity contribution in [2.45, 2.75) is 57.4 Å². The fourth-order valence-electron chi connectivity index (χ4n) is 5.01. The number of para-hydroxylation sites is 1. The van der Waals surface area contributed by atoms with Crippen LogP contribution in [0.2, 0.25) is 0 Å². The standard InChI is InChI=1S/C29H39N5O6S/c1-19(2)13-22(24-14-20(17-41-24)27(30)31)33-28(37)23-15-29(39-11-12-40-29)18-34(23)26(36)16-32-25(35)9-6-10-38-21-7-4-3-5-8-21/h3-5,7-8,14,17,19,22-23H,6,9-13,15-16,18H2,1-2H3,(H3,30,31)(H,32,35)(H,33,37)/t22-,23+/m1/s1. The van der Waals surface area contributed by atoms with Crippen molar-refractivity contribution in [3.8, 4) is 5.75 Å². The molecule has 0 bridgehead atoms. The zero-order valence-electron chi connectivity index (χ0n) is 23.5. The molecule has 0 unspecified atom stereocenters. The summed E-state index contributed by atoms with van der Waals surface area (Å²) in [5, 5.41) is 15.3. The van der Waals surface area contributed by atoms with Gasteiger partial charge >= 0.3 is 0 Å². The van der Waals surface area contributed by atoms with Crippen molar-refractivity contribution in [1.82, 2.24) is 15.5 Å². The van der Waals surface area contributed by atoms with Crippen LogP contribution in [0.3, 0.4) is 0 Å². The lowest BCUT2D eigenvalue weighted by molar-refractivity contribution is -0.152. The summed E-state index contributed by atoms with van der Waals surface area (Å²) in [5.41, 5.74) is 6.26. The summed E-state index contributed by atoms with van der Waals surface area (Å²) in [7, 11) is 0. The Labute approximate surface area is 244 Å². The molecule has 12 heteroatoms. The molecule has 2 aliphatic heterocycles. The number of likely N-dealkylation sites (tertiary alicyclic amines) is 1. The van der Waals surface area contributed by atoms with Crippen LogP contribution in [0.25, 0.3) is 0 Å². The maximum Gasteiger partial charge on any atom is 0.243 e. The lowest BCUT2D eigenvalue weighted by Crippen LogP contribution is -2.49. The van der Waals surface area contributed by atoms with E-state index in [-0.39, 0.29) is 61.4 Å². The highest BCUT2D eigenvalue weighted by atomic mass is 32.1. The van der Waals surface area contributed by atoms with E-state index in [0.29, 0.717) is 38.2 Å². The van der Waals surface area contributed by atoms with E-state index >= 15 is 0 Å². The van der Waals surface area contributed by atoms with Crippen LogP contribution in [0.5, 0.6) is 5.75 Å². The van der Waals surface area contributed by atoms with Gasteiger partial charge in [-0.25, -0.2) is 0 Å².